The number of hydrogen-bond donors (Lipinski definition) is 2. The van der Waals surface area contributed by atoms with Crippen molar-refractivity contribution in [1.82, 2.24) is 10.3 Å². The number of aromatic nitrogens is 1. The van der Waals surface area contributed by atoms with Crippen LogP contribution in [0, 0.1) is 5.41 Å². The number of carbonyl (C=O) groups is 1. The van der Waals surface area contributed by atoms with E-state index in [1.807, 2.05) is 0 Å². The lowest BCUT2D eigenvalue weighted by molar-refractivity contribution is -0.0233. The van der Waals surface area contributed by atoms with E-state index in [2.05, 4.69) is 24.1 Å². The molecule has 110 valence electrons. The molecule has 1 amide bonds. The Kier molecular flexibility index (Phi) is 4.35. The molecule has 5 heteroatoms. The van der Waals surface area contributed by atoms with Gasteiger partial charge in [-0.25, -0.2) is 4.98 Å². The van der Waals surface area contributed by atoms with Crippen LogP contribution < -0.4 is 5.32 Å². The first kappa shape index (κ1) is 15.3. The molecule has 0 unspecified atom stereocenters. The lowest BCUT2D eigenvalue weighted by Gasteiger charge is -2.40. The van der Waals surface area contributed by atoms with E-state index in [0.717, 1.165) is 12.8 Å². The number of hydrogen-bond acceptors (Lipinski definition) is 3. The second-order valence-corrected chi connectivity index (χ2v) is 6.80. The molecule has 0 radical (unpaired) electrons. The van der Waals surface area contributed by atoms with Crippen LogP contribution in [-0.4, -0.2) is 28.1 Å². The number of nitrogens with one attached hydrogen (secondary N) is 1. The smallest absolute Gasteiger partial charge is 0.270 e. The van der Waals surface area contributed by atoms with Gasteiger partial charge < -0.3 is 10.4 Å². The SMILES string of the molecule is CC1(C)CCC(O)(CNC(=O)c2cccc(Cl)n2)CC1. The van der Waals surface area contributed by atoms with Crippen LogP contribution in [0.5, 0.6) is 0 Å². The molecule has 0 aromatic carbocycles. The first-order valence-corrected chi connectivity index (χ1v) is 7.31. The zero-order valence-electron chi connectivity index (χ0n) is 11.9. The minimum atomic E-state index is -0.802. The maximum Gasteiger partial charge on any atom is 0.270 e. The van der Waals surface area contributed by atoms with Crippen molar-refractivity contribution in [2.75, 3.05) is 6.54 Å². The van der Waals surface area contributed by atoms with Crippen LogP contribution in [0.4, 0.5) is 0 Å². The van der Waals surface area contributed by atoms with Crippen molar-refractivity contribution in [3.63, 3.8) is 0 Å². The van der Waals surface area contributed by atoms with Crippen molar-refractivity contribution in [3.05, 3.63) is 29.0 Å². The molecule has 4 nitrogen and oxygen atoms in total. The average molecular weight is 297 g/mol. The van der Waals surface area contributed by atoms with Gasteiger partial charge in [0.2, 0.25) is 0 Å². The Hall–Kier alpha value is -1.13. The maximum atomic E-state index is 12.0. The molecule has 0 bridgehead atoms. The van der Waals surface area contributed by atoms with E-state index in [1.165, 1.54) is 0 Å². The van der Waals surface area contributed by atoms with Crippen molar-refractivity contribution in [2.45, 2.75) is 45.1 Å². The zero-order valence-corrected chi connectivity index (χ0v) is 12.7. The van der Waals surface area contributed by atoms with Gasteiger partial charge in [-0.05, 0) is 43.2 Å². The summed E-state index contributed by atoms with van der Waals surface area (Å²) < 4.78 is 0. The van der Waals surface area contributed by atoms with Crippen molar-refractivity contribution in [2.24, 2.45) is 5.41 Å². The van der Waals surface area contributed by atoms with Gasteiger partial charge in [-0.15, -0.1) is 0 Å². The fourth-order valence-corrected chi connectivity index (χ4v) is 2.60. The number of nitrogens with zero attached hydrogens (tertiary/aromatic N) is 1. The molecular formula is C15H21ClN2O2. The lowest BCUT2D eigenvalue weighted by Crippen LogP contribution is -2.46. The van der Waals surface area contributed by atoms with Crippen LogP contribution >= 0.6 is 11.6 Å². The Morgan fingerprint density at radius 1 is 1.35 bits per heavy atom. The number of aliphatic hydroxyl groups is 1. The number of amides is 1. The van der Waals surface area contributed by atoms with Gasteiger partial charge in [0, 0.05) is 6.54 Å². The Morgan fingerprint density at radius 3 is 2.60 bits per heavy atom. The highest BCUT2D eigenvalue weighted by Gasteiger charge is 2.36. The molecule has 1 fully saturated rings. The van der Waals surface area contributed by atoms with E-state index >= 15 is 0 Å². The Morgan fingerprint density at radius 2 is 2.00 bits per heavy atom. The first-order chi connectivity index (χ1) is 9.30. The Bertz CT molecular complexity index is 492. The normalized spacial score (nSPS) is 20.4. The molecule has 2 N–H and O–H groups in total. The molecule has 0 atom stereocenters. The van der Waals surface area contributed by atoms with E-state index in [0.29, 0.717) is 12.8 Å². The summed E-state index contributed by atoms with van der Waals surface area (Å²) in [5.74, 6) is -0.300. The van der Waals surface area contributed by atoms with Gasteiger partial charge >= 0.3 is 0 Å². The van der Waals surface area contributed by atoms with Crippen molar-refractivity contribution in [1.29, 1.82) is 0 Å². The van der Waals surface area contributed by atoms with E-state index < -0.39 is 5.60 Å². The fraction of sp³-hybridized carbons (Fsp3) is 0.600. The molecule has 1 aromatic rings. The van der Waals surface area contributed by atoms with Crippen LogP contribution in [0.25, 0.3) is 0 Å². The number of halogens is 1. The summed E-state index contributed by atoms with van der Waals surface area (Å²) in [6.45, 7) is 4.68. The third-order valence-corrected chi connectivity index (χ3v) is 4.27. The third kappa shape index (κ3) is 3.93. The largest absolute Gasteiger partial charge is 0.388 e. The molecule has 1 aliphatic carbocycles. The highest BCUT2D eigenvalue weighted by molar-refractivity contribution is 6.29. The van der Waals surface area contributed by atoms with Crippen molar-refractivity contribution in [3.8, 4) is 0 Å². The average Bonchev–Trinajstić information content (AvgIpc) is 2.40. The summed E-state index contributed by atoms with van der Waals surface area (Å²) in [6, 6.07) is 4.91. The molecule has 2 rings (SSSR count). The predicted molar refractivity (Wildman–Crippen MR) is 78.8 cm³/mol. The molecule has 0 aliphatic heterocycles. The highest BCUT2D eigenvalue weighted by atomic mass is 35.5. The summed E-state index contributed by atoms with van der Waals surface area (Å²) >= 11 is 5.76. The zero-order chi connectivity index (χ0) is 14.8. The second kappa shape index (κ2) is 5.70. The monoisotopic (exact) mass is 296 g/mol. The van der Waals surface area contributed by atoms with Crippen LogP contribution in [0.1, 0.15) is 50.0 Å². The predicted octanol–water partition coefficient (Wildman–Crippen LogP) is 2.80. The molecule has 0 spiro atoms. The molecule has 1 heterocycles. The molecular weight excluding hydrogens is 276 g/mol. The van der Waals surface area contributed by atoms with Gasteiger partial charge in [-0.3, -0.25) is 4.79 Å². The highest BCUT2D eigenvalue weighted by Crippen LogP contribution is 2.39. The Balaban J connectivity index is 1.90. The topological polar surface area (TPSA) is 62.2 Å². The van der Waals surface area contributed by atoms with Gasteiger partial charge in [0.15, 0.2) is 0 Å². The van der Waals surface area contributed by atoms with Gasteiger partial charge in [-0.2, -0.15) is 0 Å². The van der Waals surface area contributed by atoms with E-state index in [-0.39, 0.29) is 28.7 Å². The molecule has 1 aliphatic rings. The minimum absolute atomic E-state index is 0.260. The van der Waals surface area contributed by atoms with E-state index in [1.54, 1.807) is 18.2 Å². The van der Waals surface area contributed by atoms with E-state index in [4.69, 9.17) is 11.6 Å². The summed E-state index contributed by atoms with van der Waals surface area (Å²) in [5, 5.41) is 13.5. The van der Waals surface area contributed by atoms with Crippen LogP contribution in [0.15, 0.2) is 18.2 Å². The Labute approximate surface area is 124 Å². The van der Waals surface area contributed by atoms with Crippen molar-refractivity contribution < 1.29 is 9.90 Å². The summed E-state index contributed by atoms with van der Waals surface area (Å²) in [6.07, 6.45) is 3.36. The van der Waals surface area contributed by atoms with Crippen LogP contribution in [0.3, 0.4) is 0 Å². The summed E-state index contributed by atoms with van der Waals surface area (Å²) in [4.78, 5) is 15.9. The van der Waals surface area contributed by atoms with Crippen molar-refractivity contribution >= 4 is 17.5 Å². The number of pyridine rings is 1. The molecule has 1 aromatic heterocycles. The summed E-state index contributed by atoms with van der Waals surface area (Å²) in [5.41, 5.74) is -0.244. The third-order valence-electron chi connectivity index (χ3n) is 4.06. The van der Waals surface area contributed by atoms with Gasteiger partial charge in [0.1, 0.15) is 10.8 Å². The van der Waals surface area contributed by atoms with Crippen LogP contribution in [-0.2, 0) is 0 Å². The lowest BCUT2D eigenvalue weighted by atomic mass is 9.71. The van der Waals surface area contributed by atoms with Gasteiger partial charge in [-0.1, -0.05) is 31.5 Å². The number of rotatable bonds is 3. The second-order valence-electron chi connectivity index (χ2n) is 6.42. The van der Waals surface area contributed by atoms with Gasteiger partial charge in [0.05, 0.1) is 5.60 Å². The molecule has 1 saturated carbocycles. The number of carbonyl (C=O) groups excluding carboxylic acids is 1. The first-order valence-electron chi connectivity index (χ1n) is 6.93. The minimum Gasteiger partial charge on any atom is -0.388 e. The quantitative estimate of drug-likeness (QED) is 0.843. The standard InChI is InChI=1S/C15H21ClN2O2/c1-14(2)6-8-15(20,9-7-14)10-17-13(19)11-4-3-5-12(16)18-11/h3-5,20H,6-10H2,1-2H3,(H,17,19). The van der Waals surface area contributed by atoms with E-state index in [9.17, 15) is 9.90 Å². The maximum absolute atomic E-state index is 12.0. The van der Waals surface area contributed by atoms with Gasteiger partial charge in [0.25, 0.3) is 5.91 Å². The fourth-order valence-electron chi connectivity index (χ4n) is 2.44. The molecule has 20 heavy (non-hydrogen) atoms. The molecule has 0 saturated heterocycles. The van der Waals surface area contributed by atoms with Crippen LogP contribution in [0.2, 0.25) is 5.15 Å². The summed E-state index contributed by atoms with van der Waals surface area (Å²) in [7, 11) is 0.